The van der Waals surface area contributed by atoms with Crippen LogP contribution in [0, 0.1) is 17.6 Å². The minimum Gasteiger partial charge on any atom is -1.00 e. The molecule has 0 bridgehead atoms. The Balaban J connectivity index is 0.00000357. The van der Waals surface area contributed by atoms with Crippen LogP contribution in [-0.2, 0) is 13.1 Å². The molecule has 4 heterocycles. The van der Waals surface area contributed by atoms with Gasteiger partial charge in [0, 0.05) is 35.4 Å². The van der Waals surface area contributed by atoms with Gasteiger partial charge in [-0.2, -0.15) is 0 Å². The molecule has 0 amide bonds. The van der Waals surface area contributed by atoms with Gasteiger partial charge in [0.15, 0.2) is 17.3 Å². The molecule has 0 saturated carbocycles. The predicted octanol–water partition coefficient (Wildman–Crippen LogP) is 3.86. The number of hydrogen-bond acceptors (Lipinski definition) is 7. The molecule has 7 rings (SSSR count). The normalized spacial score (nSPS) is 15.8. The van der Waals surface area contributed by atoms with Gasteiger partial charge in [-0.15, -0.1) is 0 Å². The van der Waals surface area contributed by atoms with Gasteiger partial charge in [0.25, 0.3) is 0 Å². The molecule has 0 spiro atoms. The summed E-state index contributed by atoms with van der Waals surface area (Å²) in [4.78, 5) is 23.0. The van der Waals surface area contributed by atoms with Crippen LogP contribution in [0.5, 0.6) is 11.5 Å². The van der Waals surface area contributed by atoms with E-state index in [-0.39, 0.29) is 35.7 Å². The first kappa shape index (κ1) is 30.5. The minimum absolute atomic E-state index is 0. The number of halogens is 3. The molecular formula is C34H30ClF2N3O5. The molecule has 11 heteroatoms. The molecule has 0 atom stereocenters. The van der Waals surface area contributed by atoms with Gasteiger partial charge >= 0.3 is 0 Å². The fourth-order valence-electron chi connectivity index (χ4n) is 6.08. The lowest BCUT2D eigenvalue weighted by Gasteiger charge is -2.42. The largest absolute Gasteiger partial charge is 1.00 e. The monoisotopic (exact) mass is 633 g/mol. The molecule has 2 aliphatic rings. The highest BCUT2D eigenvalue weighted by molar-refractivity contribution is 5.98. The Hall–Kier alpha value is -4.54. The van der Waals surface area contributed by atoms with E-state index in [0.29, 0.717) is 96.7 Å². The average Bonchev–Trinajstić information content (AvgIpc) is 3.71. The molecular weight excluding hydrogens is 604 g/mol. The number of quaternary nitrogens is 1. The van der Waals surface area contributed by atoms with Crippen LogP contribution < -0.4 is 21.9 Å². The molecule has 8 nitrogen and oxygen atoms in total. The summed E-state index contributed by atoms with van der Waals surface area (Å²) in [7, 11) is 0. The summed E-state index contributed by atoms with van der Waals surface area (Å²) in [6, 6.07) is 17.4. The predicted molar refractivity (Wildman–Crippen MR) is 156 cm³/mol. The van der Waals surface area contributed by atoms with Crippen molar-refractivity contribution in [1.82, 2.24) is 9.97 Å². The number of hydrogen-bond donors (Lipinski definition) is 0. The van der Waals surface area contributed by atoms with Crippen LogP contribution in [0.2, 0.25) is 0 Å². The number of piperidine rings is 1. The van der Waals surface area contributed by atoms with Gasteiger partial charge in [0.05, 0.1) is 13.1 Å². The standard InChI is InChI=1S/C34H30F2N3O5.ClH/c35-26-6-1-23(2-7-26)33-37-28(20-43-33)18-39(19-29-21-44-34(38-29)24-3-8-27(36)9-4-24)13-11-22(12-14-39)32(40)25-5-10-30-31(17-25)42-16-15-41-30;/h1-10,17,20-22H,11-16,18-19H2;1H/q+1;/p-1. The minimum atomic E-state index is -0.327. The van der Waals surface area contributed by atoms with Crippen molar-refractivity contribution in [3.8, 4) is 34.4 Å². The van der Waals surface area contributed by atoms with E-state index in [1.165, 1.54) is 24.3 Å². The summed E-state index contributed by atoms with van der Waals surface area (Å²) in [5, 5.41) is 0. The number of ether oxygens (including phenoxy) is 2. The third kappa shape index (κ3) is 6.62. The number of Topliss-reactive ketones (excluding diaryl/α,β-unsaturated/α-hetero) is 1. The lowest BCUT2D eigenvalue weighted by atomic mass is 9.87. The number of carbonyl (C=O) groups excluding carboxylic acids is 1. The van der Waals surface area contributed by atoms with Crippen LogP contribution >= 0.6 is 0 Å². The number of oxazole rings is 2. The number of rotatable bonds is 8. The lowest BCUT2D eigenvalue weighted by Crippen LogP contribution is -3.00. The zero-order valence-electron chi connectivity index (χ0n) is 24.3. The van der Waals surface area contributed by atoms with Crippen LogP contribution in [0.15, 0.2) is 88.1 Å². The first-order valence-corrected chi connectivity index (χ1v) is 14.6. The highest BCUT2D eigenvalue weighted by Crippen LogP contribution is 2.35. The Kier molecular flexibility index (Phi) is 8.69. The van der Waals surface area contributed by atoms with Crippen molar-refractivity contribution in [3.63, 3.8) is 0 Å². The lowest BCUT2D eigenvalue weighted by molar-refractivity contribution is -0.958. The third-order valence-electron chi connectivity index (χ3n) is 8.38. The van der Waals surface area contributed by atoms with Crippen molar-refractivity contribution in [2.75, 3.05) is 26.3 Å². The number of ketones is 1. The second kappa shape index (κ2) is 12.8. The van der Waals surface area contributed by atoms with Gasteiger partial charge in [-0.3, -0.25) is 4.79 Å². The molecule has 5 aromatic rings. The molecule has 1 fully saturated rings. The summed E-state index contributed by atoms with van der Waals surface area (Å²) in [6.07, 6.45) is 4.63. The molecule has 2 aliphatic heterocycles. The smallest absolute Gasteiger partial charge is 0.226 e. The van der Waals surface area contributed by atoms with E-state index in [1.807, 2.05) is 6.07 Å². The van der Waals surface area contributed by atoms with Crippen molar-refractivity contribution >= 4 is 5.78 Å². The maximum Gasteiger partial charge on any atom is 0.226 e. The molecule has 0 unspecified atom stereocenters. The summed E-state index contributed by atoms with van der Waals surface area (Å²) in [5.41, 5.74) is 3.51. The number of aromatic nitrogens is 2. The Labute approximate surface area is 264 Å². The quantitative estimate of drug-likeness (QED) is 0.190. The van der Waals surface area contributed by atoms with E-state index in [9.17, 15) is 13.6 Å². The van der Waals surface area contributed by atoms with Gasteiger partial charge < -0.3 is 35.2 Å². The number of fused-ring (bicyclic) bond motifs is 1. The van der Waals surface area contributed by atoms with Crippen molar-refractivity contribution in [2.24, 2.45) is 5.92 Å². The molecule has 0 N–H and O–H groups in total. The number of nitrogens with zero attached hydrogens (tertiary/aromatic N) is 3. The Morgan fingerprint density at radius 2 is 1.24 bits per heavy atom. The molecule has 232 valence electrons. The van der Waals surface area contributed by atoms with E-state index in [2.05, 4.69) is 0 Å². The van der Waals surface area contributed by atoms with Gasteiger partial charge in [-0.1, -0.05) is 0 Å². The topological polar surface area (TPSA) is 87.6 Å². The highest BCUT2D eigenvalue weighted by Gasteiger charge is 2.39. The zero-order valence-corrected chi connectivity index (χ0v) is 25.0. The van der Waals surface area contributed by atoms with Crippen molar-refractivity contribution in [3.05, 3.63) is 108 Å². The Bertz CT molecular complexity index is 1690. The molecule has 0 aliphatic carbocycles. The van der Waals surface area contributed by atoms with Gasteiger partial charge in [-0.25, -0.2) is 18.7 Å². The SMILES string of the molecule is O=C(c1ccc2c(c1)OCCO2)C1CC[N+](Cc2coc(-c3ccc(F)cc3)n2)(Cc2coc(-c3ccc(F)cc3)n2)CC1.[Cl-]. The Morgan fingerprint density at radius 1 is 0.733 bits per heavy atom. The highest BCUT2D eigenvalue weighted by atomic mass is 35.5. The summed E-state index contributed by atoms with van der Waals surface area (Å²) in [6.45, 7) is 3.47. The van der Waals surface area contributed by atoms with Crippen molar-refractivity contribution < 1.29 is 48.8 Å². The fourth-order valence-corrected chi connectivity index (χ4v) is 6.08. The number of likely N-dealkylation sites (tertiary alicyclic amines) is 1. The Morgan fingerprint density at radius 3 is 1.78 bits per heavy atom. The number of carbonyl (C=O) groups is 1. The molecule has 45 heavy (non-hydrogen) atoms. The van der Waals surface area contributed by atoms with Crippen LogP contribution in [0.25, 0.3) is 22.9 Å². The molecule has 2 aromatic heterocycles. The second-order valence-corrected chi connectivity index (χ2v) is 11.4. The van der Waals surface area contributed by atoms with Crippen LogP contribution in [0.4, 0.5) is 8.78 Å². The van der Waals surface area contributed by atoms with Gasteiger partial charge in [0.1, 0.15) is 61.9 Å². The second-order valence-electron chi connectivity index (χ2n) is 11.4. The van der Waals surface area contributed by atoms with Crippen molar-refractivity contribution in [2.45, 2.75) is 25.9 Å². The third-order valence-corrected chi connectivity index (χ3v) is 8.38. The van der Waals surface area contributed by atoms with E-state index in [4.69, 9.17) is 28.3 Å². The van der Waals surface area contributed by atoms with Crippen LogP contribution in [0.1, 0.15) is 34.6 Å². The molecule has 0 radical (unpaired) electrons. The zero-order chi connectivity index (χ0) is 30.1. The summed E-state index contributed by atoms with van der Waals surface area (Å²) < 4.78 is 50.4. The first-order valence-electron chi connectivity index (χ1n) is 14.6. The summed E-state index contributed by atoms with van der Waals surface area (Å²) in [5.74, 6) is 1.41. The molecule has 3 aromatic carbocycles. The van der Waals surface area contributed by atoms with Crippen LogP contribution in [0.3, 0.4) is 0 Å². The van der Waals surface area contributed by atoms with E-state index in [1.54, 1.807) is 48.9 Å². The fraction of sp³-hybridized carbons (Fsp3) is 0.265. The average molecular weight is 634 g/mol. The van der Waals surface area contributed by atoms with Crippen molar-refractivity contribution in [1.29, 1.82) is 0 Å². The summed E-state index contributed by atoms with van der Waals surface area (Å²) >= 11 is 0. The molecule has 1 saturated heterocycles. The number of benzene rings is 3. The van der Waals surface area contributed by atoms with E-state index in [0.717, 1.165) is 11.4 Å². The van der Waals surface area contributed by atoms with Gasteiger partial charge in [-0.05, 0) is 66.7 Å². The maximum absolute atomic E-state index is 13.6. The van der Waals surface area contributed by atoms with E-state index < -0.39 is 0 Å². The maximum atomic E-state index is 13.6. The van der Waals surface area contributed by atoms with E-state index >= 15 is 0 Å². The van der Waals surface area contributed by atoms with Crippen LogP contribution in [-0.4, -0.2) is 46.5 Å². The van der Waals surface area contributed by atoms with Gasteiger partial charge in [0.2, 0.25) is 11.8 Å². The first-order chi connectivity index (χ1) is 21.4.